The Hall–Kier alpha value is -3.80. The molecule has 0 unspecified atom stereocenters. The Morgan fingerprint density at radius 1 is 1.03 bits per heavy atom. The minimum atomic E-state index is -0.239. The van der Waals surface area contributed by atoms with Gasteiger partial charge >= 0.3 is 6.03 Å². The van der Waals surface area contributed by atoms with E-state index >= 15 is 0 Å². The smallest absolute Gasteiger partial charge is 0.318 e. The van der Waals surface area contributed by atoms with Crippen molar-refractivity contribution in [3.63, 3.8) is 0 Å². The number of aromatic amines is 1. The van der Waals surface area contributed by atoms with Crippen LogP contribution in [0.5, 0.6) is 0 Å². The van der Waals surface area contributed by atoms with E-state index in [4.69, 9.17) is 0 Å². The van der Waals surface area contributed by atoms with E-state index in [1.54, 1.807) is 0 Å². The molecule has 0 atom stereocenters. The highest BCUT2D eigenvalue weighted by Crippen LogP contribution is 2.32. The average molecular weight is 440 g/mol. The lowest BCUT2D eigenvalue weighted by Gasteiger charge is -2.30. The fourth-order valence-electron chi connectivity index (χ4n) is 4.29. The summed E-state index contributed by atoms with van der Waals surface area (Å²) in [6.07, 6.45) is 4.76. The van der Waals surface area contributed by atoms with Crippen LogP contribution in [-0.2, 0) is 0 Å². The molecule has 3 N–H and O–H groups in total. The summed E-state index contributed by atoms with van der Waals surface area (Å²) >= 11 is 0. The van der Waals surface area contributed by atoms with E-state index in [1.165, 1.54) is 16.3 Å². The van der Waals surface area contributed by atoms with E-state index < -0.39 is 0 Å². The lowest BCUT2D eigenvalue weighted by atomic mass is 10.0. The van der Waals surface area contributed by atoms with Gasteiger partial charge in [0.05, 0.1) is 5.69 Å². The fraction of sp³-hybridized carbons (Fsp3) is 0.259. The summed E-state index contributed by atoms with van der Waals surface area (Å²) in [5.74, 6) is 0. The van der Waals surface area contributed by atoms with Crippen LogP contribution >= 0.6 is 0 Å². The predicted molar refractivity (Wildman–Crippen MR) is 136 cm³/mol. The maximum Gasteiger partial charge on any atom is 0.318 e. The number of benzene rings is 2. The SMILES string of the molecule is CC(C)(C)NC(=O)N1CC=C(c2cc3c(Nc4cccc5ccccc45)ccnc3[nH]2)CC1. The Balaban J connectivity index is 1.40. The van der Waals surface area contributed by atoms with E-state index in [1.807, 2.05) is 37.9 Å². The molecule has 0 spiro atoms. The fourth-order valence-corrected chi connectivity index (χ4v) is 4.29. The van der Waals surface area contributed by atoms with Gasteiger partial charge in [0.15, 0.2) is 0 Å². The van der Waals surface area contributed by atoms with Crippen molar-refractivity contribution >= 4 is 44.8 Å². The van der Waals surface area contributed by atoms with Gasteiger partial charge in [0.25, 0.3) is 0 Å². The molecule has 2 aromatic carbocycles. The molecule has 6 nitrogen and oxygen atoms in total. The Morgan fingerprint density at radius 3 is 2.61 bits per heavy atom. The number of fused-ring (bicyclic) bond motifs is 2. The highest BCUT2D eigenvalue weighted by atomic mass is 16.2. The number of aromatic nitrogens is 2. The first-order chi connectivity index (χ1) is 15.9. The van der Waals surface area contributed by atoms with Crippen molar-refractivity contribution in [3.05, 3.63) is 72.6 Å². The summed E-state index contributed by atoms with van der Waals surface area (Å²) in [5.41, 5.74) is 4.97. The van der Waals surface area contributed by atoms with Gasteiger partial charge in [-0.05, 0) is 56.4 Å². The van der Waals surface area contributed by atoms with Gasteiger partial charge in [-0.15, -0.1) is 0 Å². The van der Waals surface area contributed by atoms with Crippen molar-refractivity contribution in [2.45, 2.75) is 32.7 Å². The van der Waals surface area contributed by atoms with Crippen LogP contribution in [0.4, 0.5) is 16.2 Å². The Kier molecular flexibility index (Phi) is 5.29. The maximum atomic E-state index is 12.5. The number of pyridine rings is 1. The zero-order chi connectivity index (χ0) is 23.0. The van der Waals surface area contributed by atoms with Crippen molar-refractivity contribution in [1.29, 1.82) is 0 Å². The van der Waals surface area contributed by atoms with Crippen LogP contribution < -0.4 is 10.6 Å². The number of rotatable bonds is 3. The second kappa shape index (κ2) is 8.28. The molecule has 0 bridgehead atoms. The zero-order valence-electron chi connectivity index (χ0n) is 19.3. The molecule has 1 aliphatic rings. The third-order valence-electron chi connectivity index (χ3n) is 5.92. The number of carbonyl (C=O) groups is 1. The van der Waals surface area contributed by atoms with Crippen LogP contribution in [-0.4, -0.2) is 39.5 Å². The molecule has 4 aromatic rings. The molecule has 2 amide bonds. The molecule has 168 valence electrons. The molecule has 0 saturated heterocycles. The third kappa shape index (κ3) is 4.42. The molecule has 0 aliphatic carbocycles. The topological polar surface area (TPSA) is 73.1 Å². The van der Waals surface area contributed by atoms with Crippen molar-refractivity contribution in [2.24, 2.45) is 0 Å². The molecular weight excluding hydrogens is 410 g/mol. The largest absolute Gasteiger partial charge is 0.354 e. The van der Waals surface area contributed by atoms with Gasteiger partial charge in [0.1, 0.15) is 5.65 Å². The molecule has 0 fully saturated rings. The Labute approximate surface area is 193 Å². The molecule has 5 rings (SSSR count). The molecule has 1 aliphatic heterocycles. The maximum absolute atomic E-state index is 12.5. The highest BCUT2D eigenvalue weighted by molar-refractivity contribution is 6.00. The number of H-pyrrole nitrogens is 1. The van der Waals surface area contributed by atoms with Gasteiger partial charge in [0.2, 0.25) is 0 Å². The van der Waals surface area contributed by atoms with Crippen LogP contribution in [0.3, 0.4) is 0 Å². The van der Waals surface area contributed by atoms with Crippen LogP contribution in [0, 0.1) is 0 Å². The quantitative estimate of drug-likeness (QED) is 0.363. The standard InChI is InChI=1S/C27H29N5O/c1-27(2,3)31-26(33)32-15-12-19(13-16-32)24-17-21-23(11-14-28-25(21)30-24)29-22-10-6-8-18-7-4-5-9-20(18)22/h4-12,14,17H,13,15-16H2,1-3H3,(H,31,33)(H2,28,29,30). The first kappa shape index (κ1) is 21.1. The molecule has 3 heterocycles. The van der Waals surface area contributed by atoms with Gasteiger partial charge in [-0.2, -0.15) is 0 Å². The van der Waals surface area contributed by atoms with Crippen LogP contribution in [0.2, 0.25) is 0 Å². The molecule has 2 aromatic heterocycles. The van der Waals surface area contributed by atoms with E-state index in [0.29, 0.717) is 13.1 Å². The predicted octanol–water partition coefficient (Wildman–Crippen LogP) is 6.06. The highest BCUT2D eigenvalue weighted by Gasteiger charge is 2.22. The number of urea groups is 1. The summed E-state index contributed by atoms with van der Waals surface area (Å²) in [6, 6.07) is 18.8. The van der Waals surface area contributed by atoms with E-state index in [9.17, 15) is 4.79 Å². The number of nitrogens with one attached hydrogen (secondary N) is 3. The third-order valence-corrected chi connectivity index (χ3v) is 5.92. The molecule has 33 heavy (non-hydrogen) atoms. The van der Waals surface area contributed by atoms with E-state index in [-0.39, 0.29) is 11.6 Å². The van der Waals surface area contributed by atoms with Crippen molar-refractivity contribution < 1.29 is 4.79 Å². The molecule has 0 saturated carbocycles. The summed E-state index contributed by atoms with van der Waals surface area (Å²) in [6.45, 7) is 7.28. The number of hydrogen-bond donors (Lipinski definition) is 3. The van der Waals surface area contributed by atoms with Gasteiger partial charge < -0.3 is 20.5 Å². The Morgan fingerprint density at radius 2 is 1.82 bits per heavy atom. The average Bonchev–Trinajstić information content (AvgIpc) is 3.24. The molecular formula is C27H29N5O. The lowest BCUT2D eigenvalue weighted by Crippen LogP contribution is -2.49. The number of nitrogens with zero attached hydrogens (tertiary/aromatic N) is 2. The number of amides is 2. The van der Waals surface area contributed by atoms with E-state index in [0.717, 1.165) is 34.5 Å². The zero-order valence-corrected chi connectivity index (χ0v) is 19.3. The second-order valence-electron chi connectivity index (χ2n) is 9.56. The molecule has 6 heteroatoms. The Bertz CT molecular complexity index is 1360. The summed E-state index contributed by atoms with van der Waals surface area (Å²) < 4.78 is 0. The summed E-state index contributed by atoms with van der Waals surface area (Å²) in [4.78, 5) is 22.3. The van der Waals surface area contributed by atoms with Gasteiger partial charge in [0, 0.05) is 47.0 Å². The summed E-state index contributed by atoms with van der Waals surface area (Å²) in [7, 11) is 0. The monoisotopic (exact) mass is 439 g/mol. The van der Waals surface area contributed by atoms with Crippen molar-refractivity contribution in [1.82, 2.24) is 20.2 Å². The summed E-state index contributed by atoms with van der Waals surface area (Å²) in [5, 5.41) is 10.1. The van der Waals surface area contributed by atoms with Gasteiger partial charge in [-0.1, -0.05) is 42.5 Å². The lowest BCUT2D eigenvalue weighted by molar-refractivity contribution is 0.193. The van der Waals surface area contributed by atoms with Crippen molar-refractivity contribution in [2.75, 3.05) is 18.4 Å². The minimum Gasteiger partial charge on any atom is -0.354 e. The van der Waals surface area contributed by atoms with Crippen LogP contribution in [0.1, 0.15) is 32.9 Å². The molecule has 0 radical (unpaired) electrons. The van der Waals surface area contributed by atoms with Gasteiger partial charge in [-0.3, -0.25) is 0 Å². The number of carbonyl (C=O) groups excluding carboxylic acids is 1. The van der Waals surface area contributed by atoms with Crippen LogP contribution in [0.15, 0.2) is 66.9 Å². The van der Waals surface area contributed by atoms with E-state index in [2.05, 4.69) is 75.2 Å². The normalized spacial score (nSPS) is 14.4. The first-order valence-corrected chi connectivity index (χ1v) is 11.4. The first-order valence-electron chi connectivity index (χ1n) is 11.4. The minimum absolute atomic E-state index is 0.0160. The second-order valence-corrected chi connectivity index (χ2v) is 9.56. The number of hydrogen-bond acceptors (Lipinski definition) is 3. The van der Waals surface area contributed by atoms with Crippen molar-refractivity contribution in [3.8, 4) is 0 Å². The van der Waals surface area contributed by atoms with Crippen LogP contribution in [0.25, 0.3) is 27.4 Å². The van der Waals surface area contributed by atoms with Gasteiger partial charge in [-0.25, -0.2) is 9.78 Å². The number of anilines is 2.